The summed E-state index contributed by atoms with van der Waals surface area (Å²) in [6.07, 6.45) is 2.98. The van der Waals surface area contributed by atoms with E-state index in [0.29, 0.717) is 5.16 Å². The van der Waals surface area contributed by atoms with E-state index in [1.807, 2.05) is 30.5 Å². The quantitative estimate of drug-likeness (QED) is 0.619. The maximum absolute atomic E-state index is 11.9. The number of benzene rings is 1. The lowest BCUT2D eigenvalue weighted by atomic mass is 10.3. The zero-order chi connectivity index (χ0) is 12.3. The number of thioether (sulfide) groups is 1. The minimum atomic E-state index is -0.428. The van der Waals surface area contributed by atoms with Crippen molar-refractivity contribution in [1.82, 2.24) is 9.55 Å². The highest BCUT2D eigenvalue weighted by molar-refractivity contribution is 7.98. The van der Waals surface area contributed by atoms with Crippen LogP contribution in [0.5, 0.6) is 0 Å². The lowest BCUT2D eigenvalue weighted by molar-refractivity contribution is 0.159. The van der Waals surface area contributed by atoms with Gasteiger partial charge in [0.05, 0.1) is 11.0 Å². The molecule has 0 spiro atoms. The molecule has 0 atom stereocenters. The Morgan fingerprint density at radius 2 is 2.35 bits per heavy atom. The van der Waals surface area contributed by atoms with Gasteiger partial charge < -0.3 is 4.74 Å². The average molecular weight is 248 g/mol. The first kappa shape index (κ1) is 11.7. The fraction of sp³-hybridized carbons (Fsp3) is 0.167. The summed E-state index contributed by atoms with van der Waals surface area (Å²) in [6.45, 7) is 3.71. The summed E-state index contributed by atoms with van der Waals surface area (Å²) in [5.74, 6) is 0. The van der Waals surface area contributed by atoms with Crippen LogP contribution in [-0.4, -0.2) is 28.5 Å². The van der Waals surface area contributed by atoms with Gasteiger partial charge in [-0.2, -0.15) is 0 Å². The van der Waals surface area contributed by atoms with Crippen LogP contribution in [0.4, 0.5) is 4.79 Å². The van der Waals surface area contributed by atoms with Crippen molar-refractivity contribution in [2.45, 2.75) is 5.16 Å². The smallest absolute Gasteiger partial charge is 0.420 e. The Bertz CT molecular complexity index is 563. The summed E-state index contributed by atoms with van der Waals surface area (Å²) in [4.78, 5) is 16.3. The summed E-state index contributed by atoms with van der Waals surface area (Å²) >= 11 is 1.41. The number of carbonyl (C=O) groups excluding carboxylic acids is 1. The molecule has 0 bridgehead atoms. The molecule has 0 fully saturated rings. The van der Waals surface area contributed by atoms with E-state index in [1.165, 1.54) is 22.4 Å². The van der Waals surface area contributed by atoms with Gasteiger partial charge in [-0.05, 0) is 18.4 Å². The van der Waals surface area contributed by atoms with Gasteiger partial charge in [0.25, 0.3) is 0 Å². The lowest BCUT2D eigenvalue weighted by Crippen LogP contribution is -2.14. The number of aromatic nitrogens is 2. The number of hydrogen-bond acceptors (Lipinski definition) is 4. The van der Waals surface area contributed by atoms with Crippen molar-refractivity contribution in [2.75, 3.05) is 12.9 Å². The zero-order valence-corrected chi connectivity index (χ0v) is 10.2. The van der Waals surface area contributed by atoms with E-state index in [9.17, 15) is 4.79 Å². The molecule has 2 aromatic rings. The Kier molecular flexibility index (Phi) is 3.49. The van der Waals surface area contributed by atoms with Crippen LogP contribution in [0, 0.1) is 0 Å². The molecule has 0 aliphatic rings. The fourth-order valence-electron chi connectivity index (χ4n) is 1.51. The number of ether oxygens (including phenoxy) is 1. The molecular weight excluding hydrogens is 236 g/mol. The molecule has 0 aliphatic carbocycles. The predicted octanol–water partition coefficient (Wildman–Crippen LogP) is 2.93. The molecule has 4 nitrogen and oxygen atoms in total. The van der Waals surface area contributed by atoms with E-state index in [0.717, 1.165) is 11.0 Å². The van der Waals surface area contributed by atoms with Crippen LogP contribution in [0.1, 0.15) is 0 Å². The van der Waals surface area contributed by atoms with E-state index >= 15 is 0 Å². The summed E-state index contributed by atoms with van der Waals surface area (Å²) in [7, 11) is 0. The topological polar surface area (TPSA) is 44.1 Å². The average Bonchev–Trinajstić information content (AvgIpc) is 2.74. The van der Waals surface area contributed by atoms with Gasteiger partial charge in [0.15, 0.2) is 5.16 Å². The van der Waals surface area contributed by atoms with E-state index in [-0.39, 0.29) is 6.61 Å². The van der Waals surface area contributed by atoms with Crippen LogP contribution in [0.15, 0.2) is 42.1 Å². The Hall–Kier alpha value is -1.75. The van der Waals surface area contributed by atoms with Gasteiger partial charge in [0.1, 0.15) is 6.61 Å². The van der Waals surface area contributed by atoms with Gasteiger partial charge in [-0.1, -0.05) is 36.5 Å². The number of imidazole rings is 1. The third-order valence-corrected chi connectivity index (χ3v) is 2.86. The Morgan fingerprint density at radius 1 is 1.59 bits per heavy atom. The van der Waals surface area contributed by atoms with E-state index in [2.05, 4.69) is 11.6 Å². The Morgan fingerprint density at radius 3 is 3.06 bits per heavy atom. The number of fused-ring (bicyclic) bond motifs is 1. The second kappa shape index (κ2) is 5.05. The van der Waals surface area contributed by atoms with Crippen molar-refractivity contribution in [1.29, 1.82) is 0 Å². The van der Waals surface area contributed by atoms with Gasteiger partial charge in [-0.15, -0.1) is 0 Å². The monoisotopic (exact) mass is 248 g/mol. The number of hydrogen-bond donors (Lipinski definition) is 0. The van der Waals surface area contributed by atoms with Gasteiger partial charge in [0.2, 0.25) is 0 Å². The number of rotatable bonds is 3. The molecule has 0 N–H and O–H groups in total. The SMILES string of the molecule is C=CCOC(=O)n1c(SC)nc2ccccc21. The van der Waals surface area contributed by atoms with Crippen molar-refractivity contribution in [3.05, 3.63) is 36.9 Å². The molecular formula is C12H12N2O2S. The maximum Gasteiger partial charge on any atom is 0.420 e. The summed E-state index contributed by atoms with van der Waals surface area (Å²) in [5.41, 5.74) is 1.54. The third kappa shape index (κ3) is 2.19. The van der Waals surface area contributed by atoms with Crippen molar-refractivity contribution in [3.63, 3.8) is 0 Å². The molecule has 1 aromatic carbocycles. The first-order chi connectivity index (χ1) is 8.27. The molecule has 0 saturated heterocycles. The Balaban J connectivity index is 2.49. The number of carbonyl (C=O) groups is 1. The van der Waals surface area contributed by atoms with Crippen LogP contribution < -0.4 is 0 Å². The first-order valence-electron chi connectivity index (χ1n) is 5.07. The molecule has 88 valence electrons. The zero-order valence-electron chi connectivity index (χ0n) is 9.42. The number of para-hydroxylation sites is 2. The van der Waals surface area contributed by atoms with Gasteiger partial charge in [-0.3, -0.25) is 0 Å². The third-order valence-electron chi connectivity index (χ3n) is 2.22. The highest BCUT2D eigenvalue weighted by Gasteiger charge is 2.16. The largest absolute Gasteiger partial charge is 0.445 e. The van der Waals surface area contributed by atoms with Crippen molar-refractivity contribution < 1.29 is 9.53 Å². The molecule has 2 rings (SSSR count). The summed E-state index contributed by atoms with van der Waals surface area (Å²) in [5, 5.41) is 0.625. The summed E-state index contributed by atoms with van der Waals surface area (Å²) in [6, 6.07) is 7.47. The van der Waals surface area contributed by atoms with Crippen LogP contribution in [-0.2, 0) is 4.74 Å². The molecule has 0 unspecified atom stereocenters. The highest BCUT2D eigenvalue weighted by atomic mass is 32.2. The lowest BCUT2D eigenvalue weighted by Gasteiger charge is -2.05. The normalized spacial score (nSPS) is 10.4. The minimum Gasteiger partial charge on any atom is -0.445 e. The van der Waals surface area contributed by atoms with Crippen molar-refractivity contribution in [3.8, 4) is 0 Å². The van der Waals surface area contributed by atoms with Crippen LogP contribution in [0.2, 0.25) is 0 Å². The van der Waals surface area contributed by atoms with Crippen molar-refractivity contribution >= 4 is 28.9 Å². The summed E-state index contributed by atoms with van der Waals surface area (Å²) < 4.78 is 6.51. The number of nitrogens with zero attached hydrogens (tertiary/aromatic N) is 2. The van der Waals surface area contributed by atoms with E-state index in [1.54, 1.807) is 0 Å². The molecule has 0 radical (unpaired) electrons. The second-order valence-electron chi connectivity index (χ2n) is 3.29. The minimum absolute atomic E-state index is 0.194. The van der Waals surface area contributed by atoms with Crippen LogP contribution in [0.3, 0.4) is 0 Å². The van der Waals surface area contributed by atoms with E-state index in [4.69, 9.17) is 4.74 Å². The van der Waals surface area contributed by atoms with Crippen LogP contribution in [0.25, 0.3) is 11.0 Å². The highest BCUT2D eigenvalue weighted by Crippen LogP contribution is 2.22. The molecule has 1 heterocycles. The van der Waals surface area contributed by atoms with Gasteiger partial charge in [0, 0.05) is 0 Å². The standard InChI is InChI=1S/C12H12N2O2S/c1-3-8-16-12(15)14-10-7-5-4-6-9(10)13-11(14)17-2/h3-7H,1,8H2,2H3. The maximum atomic E-state index is 11.9. The molecule has 0 aliphatic heterocycles. The molecule has 0 amide bonds. The second-order valence-corrected chi connectivity index (χ2v) is 4.06. The molecule has 17 heavy (non-hydrogen) atoms. The molecule has 5 heteroatoms. The first-order valence-corrected chi connectivity index (χ1v) is 6.30. The van der Waals surface area contributed by atoms with E-state index < -0.39 is 6.09 Å². The predicted molar refractivity (Wildman–Crippen MR) is 68.5 cm³/mol. The van der Waals surface area contributed by atoms with Gasteiger partial charge in [-0.25, -0.2) is 14.3 Å². The molecule has 0 saturated carbocycles. The molecule has 1 aromatic heterocycles. The van der Waals surface area contributed by atoms with Crippen LogP contribution >= 0.6 is 11.8 Å². The Labute approximate surface area is 103 Å². The van der Waals surface area contributed by atoms with Crippen molar-refractivity contribution in [2.24, 2.45) is 0 Å². The fourth-order valence-corrected chi connectivity index (χ4v) is 2.06. The van der Waals surface area contributed by atoms with Gasteiger partial charge >= 0.3 is 6.09 Å².